The van der Waals surface area contributed by atoms with E-state index in [1.54, 1.807) is 0 Å². The van der Waals surface area contributed by atoms with Crippen LogP contribution in [-0.2, 0) is 0 Å². The third kappa shape index (κ3) is 6.31. The zero-order chi connectivity index (χ0) is 18.5. The molecule has 136 valence electrons. The molecular formula is C18H46P2Si2. The standard InChI is InChI=1S/2C9H23PSi/c2*1-7(2)11(10,8(3)4)9(5)6/h2*7-9H,10H2,1-6H3. The van der Waals surface area contributed by atoms with Gasteiger partial charge in [0.05, 0.1) is 15.5 Å². The summed E-state index contributed by atoms with van der Waals surface area (Å²) >= 11 is 0. The Balaban J connectivity index is 0. The first-order chi connectivity index (χ1) is 9.66. The first-order valence-corrected chi connectivity index (χ1v) is 17.3. The fourth-order valence-electron chi connectivity index (χ4n) is 4.00. The molecule has 22 heavy (non-hydrogen) atoms. The second-order valence-corrected chi connectivity index (χ2v) is 25.9. The molecule has 0 aliphatic heterocycles. The Labute approximate surface area is 149 Å². The minimum absolute atomic E-state index is 0.882. The van der Waals surface area contributed by atoms with Gasteiger partial charge in [0.15, 0.2) is 0 Å². The van der Waals surface area contributed by atoms with Gasteiger partial charge >= 0.3 is 0 Å². The molecule has 0 radical (unpaired) electrons. The van der Waals surface area contributed by atoms with E-state index in [1.807, 2.05) is 0 Å². The van der Waals surface area contributed by atoms with Crippen LogP contribution in [0.4, 0.5) is 0 Å². The van der Waals surface area contributed by atoms with Gasteiger partial charge in [0.25, 0.3) is 0 Å². The van der Waals surface area contributed by atoms with Gasteiger partial charge in [-0.25, -0.2) is 0 Å². The summed E-state index contributed by atoms with van der Waals surface area (Å²) < 4.78 is 0. The lowest BCUT2D eigenvalue weighted by Gasteiger charge is -2.39. The Hall–Kier alpha value is 1.29. The summed E-state index contributed by atoms with van der Waals surface area (Å²) in [5.74, 6) is 0. The van der Waals surface area contributed by atoms with E-state index in [9.17, 15) is 0 Å². The number of hydrogen-bond donors (Lipinski definition) is 0. The molecule has 0 heterocycles. The molecule has 0 aromatic rings. The van der Waals surface area contributed by atoms with Gasteiger partial charge in [0.2, 0.25) is 0 Å². The second kappa shape index (κ2) is 10.3. The highest BCUT2D eigenvalue weighted by Gasteiger charge is 2.38. The molecule has 4 heteroatoms. The van der Waals surface area contributed by atoms with Crippen LogP contribution in [0.15, 0.2) is 0 Å². The lowest BCUT2D eigenvalue weighted by Crippen LogP contribution is -2.37. The molecule has 0 amide bonds. The van der Waals surface area contributed by atoms with E-state index in [0.717, 1.165) is 33.2 Å². The van der Waals surface area contributed by atoms with Crippen LogP contribution in [0.1, 0.15) is 83.1 Å². The third-order valence-corrected chi connectivity index (χ3v) is 30.0. The smallest absolute Gasteiger partial charge is 0.0822 e. The van der Waals surface area contributed by atoms with Gasteiger partial charge in [-0.1, -0.05) is 83.1 Å². The highest BCUT2D eigenvalue weighted by atomic mass is 31.3. The molecule has 2 unspecified atom stereocenters. The Morgan fingerprint density at radius 2 is 0.455 bits per heavy atom. The molecule has 2 atom stereocenters. The molecule has 0 fully saturated rings. The van der Waals surface area contributed by atoms with Crippen molar-refractivity contribution in [1.82, 2.24) is 0 Å². The lowest BCUT2D eigenvalue weighted by atomic mass is 10.5. The molecule has 0 saturated carbocycles. The fraction of sp³-hybridized carbons (Fsp3) is 1.00. The van der Waals surface area contributed by atoms with Gasteiger partial charge in [-0.2, -0.15) is 0 Å². The monoisotopic (exact) mass is 380 g/mol. The van der Waals surface area contributed by atoms with Crippen LogP contribution in [0.5, 0.6) is 0 Å². The summed E-state index contributed by atoms with van der Waals surface area (Å²) in [5.41, 5.74) is 5.29. The van der Waals surface area contributed by atoms with E-state index >= 15 is 0 Å². The largest absolute Gasteiger partial charge is 0.148 e. The first kappa shape index (κ1) is 25.5. The Morgan fingerprint density at radius 3 is 0.455 bits per heavy atom. The van der Waals surface area contributed by atoms with Crippen molar-refractivity contribution in [3.63, 3.8) is 0 Å². The summed E-state index contributed by atoms with van der Waals surface area (Å²) in [6.07, 6.45) is 0. The minimum atomic E-state index is -1.06. The summed E-state index contributed by atoms with van der Waals surface area (Å²) in [4.78, 5) is 0. The average molecular weight is 381 g/mol. The van der Waals surface area contributed by atoms with Crippen LogP contribution in [0, 0.1) is 0 Å². The molecule has 0 aliphatic carbocycles. The van der Waals surface area contributed by atoms with Crippen LogP contribution < -0.4 is 0 Å². The predicted molar refractivity (Wildman–Crippen MR) is 122 cm³/mol. The van der Waals surface area contributed by atoms with Crippen molar-refractivity contribution in [3.05, 3.63) is 0 Å². The number of hydrogen-bond acceptors (Lipinski definition) is 0. The fourth-order valence-corrected chi connectivity index (χ4v) is 12.0. The molecule has 0 aromatic heterocycles. The van der Waals surface area contributed by atoms with E-state index in [4.69, 9.17) is 0 Å². The van der Waals surface area contributed by atoms with E-state index < -0.39 is 15.5 Å². The normalized spacial score (nSPS) is 13.6. The van der Waals surface area contributed by atoms with Crippen LogP contribution in [0.25, 0.3) is 0 Å². The molecule has 0 rings (SSSR count). The highest BCUT2D eigenvalue weighted by Crippen LogP contribution is 2.46. The molecule has 0 nitrogen and oxygen atoms in total. The Kier molecular flexibility index (Phi) is 12.0. The first-order valence-electron chi connectivity index (χ1n) is 9.24. The minimum Gasteiger partial charge on any atom is -0.148 e. The van der Waals surface area contributed by atoms with Gasteiger partial charge in [-0.15, -0.1) is 17.6 Å². The predicted octanol–water partition coefficient (Wildman–Crippen LogP) is 8.07. The zero-order valence-corrected chi connectivity index (χ0v) is 21.9. The molecule has 0 spiro atoms. The Bertz CT molecular complexity index is 224. The van der Waals surface area contributed by atoms with Crippen molar-refractivity contribution >= 4 is 33.1 Å². The van der Waals surface area contributed by atoms with Crippen LogP contribution in [-0.4, -0.2) is 15.5 Å². The van der Waals surface area contributed by atoms with Gasteiger partial charge in [-0.3, -0.25) is 0 Å². The molecule has 0 saturated heterocycles. The molecule has 0 aromatic carbocycles. The van der Waals surface area contributed by atoms with Gasteiger partial charge in [0, 0.05) is 0 Å². The van der Waals surface area contributed by atoms with Crippen LogP contribution in [0.2, 0.25) is 33.2 Å². The highest BCUT2D eigenvalue weighted by molar-refractivity contribution is 7.70. The van der Waals surface area contributed by atoms with Gasteiger partial charge in [-0.05, 0) is 33.2 Å². The summed E-state index contributed by atoms with van der Waals surface area (Å²) in [7, 11) is 4.27. The molecular weight excluding hydrogens is 334 g/mol. The number of rotatable bonds is 6. The summed E-state index contributed by atoms with van der Waals surface area (Å²) in [5, 5.41) is 0. The molecule has 0 N–H and O–H groups in total. The van der Waals surface area contributed by atoms with Gasteiger partial charge < -0.3 is 0 Å². The van der Waals surface area contributed by atoms with E-state index in [2.05, 4.69) is 101 Å². The maximum atomic E-state index is 3.20. The maximum Gasteiger partial charge on any atom is 0.0822 e. The van der Waals surface area contributed by atoms with Crippen molar-refractivity contribution < 1.29 is 0 Å². The van der Waals surface area contributed by atoms with Crippen molar-refractivity contribution in [1.29, 1.82) is 0 Å². The third-order valence-electron chi connectivity index (χ3n) is 6.00. The van der Waals surface area contributed by atoms with E-state index in [0.29, 0.717) is 0 Å². The van der Waals surface area contributed by atoms with Crippen molar-refractivity contribution in [3.8, 4) is 0 Å². The zero-order valence-electron chi connectivity index (χ0n) is 17.6. The summed E-state index contributed by atoms with van der Waals surface area (Å²) in [6.45, 7) is 28.5. The SMILES string of the molecule is CC(C)[Si](P)(C(C)C)C(C)C.CC(C)[Si](P)(C(C)C)C(C)C. The van der Waals surface area contributed by atoms with E-state index in [1.165, 1.54) is 0 Å². The molecule has 0 bridgehead atoms. The van der Waals surface area contributed by atoms with Crippen LogP contribution >= 0.6 is 17.6 Å². The maximum absolute atomic E-state index is 3.20. The topological polar surface area (TPSA) is 0 Å². The summed E-state index contributed by atoms with van der Waals surface area (Å²) in [6, 6.07) is 0. The lowest BCUT2D eigenvalue weighted by molar-refractivity contribution is 0.851. The average Bonchev–Trinajstić information content (AvgIpc) is 2.35. The van der Waals surface area contributed by atoms with Gasteiger partial charge in [0.1, 0.15) is 0 Å². The quantitative estimate of drug-likeness (QED) is 0.323. The second-order valence-electron chi connectivity index (χ2n) is 8.93. The van der Waals surface area contributed by atoms with Crippen molar-refractivity contribution in [2.45, 2.75) is 116 Å². The van der Waals surface area contributed by atoms with E-state index in [-0.39, 0.29) is 0 Å². The Morgan fingerprint density at radius 1 is 0.364 bits per heavy atom. The van der Waals surface area contributed by atoms with Crippen LogP contribution in [0.3, 0.4) is 0 Å². The van der Waals surface area contributed by atoms with Crippen molar-refractivity contribution in [2.75, 3.05) is 0 Å². The van der Waals surface area contributed by atoms with Crippen molar-refractivity contribution in [2.24, 2.45) is 0 Å². The molecule has 0 aliphatic rings.